The number of anilines is 2. The van der Waals surface area contributed by atoms with Gasteiger partial charge >= 0.3 is 0 Å². The van der Waals surface area contributed by atoms with Crippen molar-refractivity contribution < 1.29 is 0 Å². The van der Waals surface area contributed by atoms with Gasteiger partial charge < -0.3 is 10.6 Å². The zero-order chi connectivity index (χ0) is 14.9. The minimum absolute atomic E-state index is 0.810. The quantitative estimate of drug-likeness (QED) is 0.781. The van der Waals surface area contributed by atoms with E-state index < -0.39 is 0 Å². The lowest BCUT2D eigenvalue weighted by Crippen LogP contribution is -2.11. The van der Waals surface area contributed by atoms with Crippen molar-refractivity contribution in [3.8, 4) is 0 Å². The minimum atomic E-state index is 0.810. The maximum atomic E-state index is 4.51. The Labute approximate surface area is 126 Å². The van der Waals surface area contributed by atoms with Crippen LogP contribution in [0.5, 0.6) is 0 Å². The molecule has 0 aromatic carbocycles. The Hall–Kier alpha value is -2.17. The van der Waals surface area contributed by atoms with Crippen molar-refractivity contribution in [2.45, 2.75) is 33.1 Å². The van der Waals surface area contributed by atoms with Gasteiger partial charge in [0.25, 0.3) is 0 Å². The van der Waals surface area contributed by atoms with Crippen LogP contribution in [-0.2, 0) is 12.8 Å². The van der Waals surface area contributed by atoms with Gasteiger partial charge in [-0.15, -0.1) is 0 Å². The third kappa shape index (κ3) is 5.02. The molecule has 2 heterocycles. The molecule has 112 valence electrons. The summed E-state index contributed by atoms with van der Waals surface area (Å²) in [4.78, 5) is 13.3. The Kier molecular flexibility index (Phi) is 5.94. The number of pyridine rings is 1. The summed E-state index contributed by atoms with van der Waals surface area (Å²) in [5.41, 5.74) is 1.08. The molecule has 0 aliphatic carbocycles. The van der Waals surface area contributed by atoms with Gasteiger partial charge in [0.1, 0.15) is 17.5 Å². The van der Waals surface area contributed by atoms with E-state index in [0.717, 1.165) is 55.5 Å². The third-order valence-electron chi connectivity index (χ3n) is 3.06. The summed E-state index contributed by atoms with van der Waals surface area (Å²) < 4.78 is 0. The molecule has 0 saturated heterocycles. The topological polar surface area (TPSA) is 62.7 Å². The first-order valence-electron chi connectivity index (χ1n) is 7.57. The lowest BCUT2D eigenvalue weighted by atomic mass is 10.3. The standard InChI is InChI=1S/C16H23N5/c1-3-9-18-15-12-16(21-14(4-2)20-15)19-11-8-13-7-5-6-10-17-13/h5-7,10,12H,3-4,8-9,11H2,1-2H3,(H2,18,19,20,21). The predicted molar refractivity (Wildman–Crippen MR) is 86.6 cm³/mol. The molecule has 0 saturated carbocycles. The normalized spacial score (nSPS) is 10.4. The molecule has 21 heavy (non-hydrogen) atoms. The first kappa shape index (κ1) is 15.2. The van der Waals surface area contributed by atoms with E-state index in [2.05, 4.69) is 39.4 Å². The summed E-state index contributed by atoms with van der Waals surface area (Å²) in [7, 11) is 0. The van der Waals surface area contributed by atoms with Gasteiger partial charge in [0.2, 0.25) is 0 Å². The molecule has 0 fully saturated rings. The summed E-state index contributed by atoms with van der Waals surface area (Å²) in [6, 6.07) is 7.94. The molecule has 0 bridgehead atoms. The van der Waals surface area contributed by atoms with E-state index in [9.17, 15) is 0 Å². The third-order valence-corrected chi connectivity index (χ3v) is 3.06. The highest BCUT2D eigenvalue weighted by molar-refractivity contribution is 5.47. The Morgan fingerprint density at radius 3 is 2.38 bits per heavy atom. The number of nitrogens with zero attached hydrogens (tertiary/aromatic N) is 3. The highest BCUT2D eigenvalue weighted by Gasteiger charge is 2.03. The van der Waals surface area contributed by atoms with Crippen molar-refractivity contribution in [3.05, 3.63) is 42.0 Å². The Morgan fingerprint density at radius 1 is 1.00 bits per heavy atom. The van der Waals surface area contributed by atoms with E-state index in [1.807, 2.05) is 30.5 Å². The zero-order valence-corrected chi connectivity index (χ0v) is 12.8. The minimum Gasteiger partial charge on any atom is -0.370 e. The van der Waals surface area contributed by atoms with Crippen LogP contribution in [0, 0.1) is 0 Å². The van der Waals surface area contributed by atoms with E-state index >= 15 is 0 Å². The van der Waals surface area contributed by atoms with E-state index in [-0.39, 0.29) is 0 Å². The van der Waals surface area contributed by atoms with Crippen LogP contribution in [0.15, 0.2) is 30.5 Å². The van der Waals surface area contributed by atoms with Crippen molar-refractivity contribution in [2.24, 2.45) is 0 Å². The first-order chi connectivity index (χ1) is 10.3. The number of nitrogens with one attached hydrogen (secondary N) is 2. The van der Waals surface area contributed by atoms with Crippen LogP contribution in [0.4, 0.5) is 11.6 Å². The van der Waals surface area contributed by atoms with Gasteiger partial charge in [0.15, 0.2) is 0 Å². The van der Waals surface area contributed by atoms with Crippen molar-refractivity contribution in [1.82, 2.24) is 15.0 Å². The fraction of sp³-hybridized carbons (Fsp3) is 0.438. The number of aromatic nitrogens is 3. The fourth-order valence-electron chi connectivity index (χ4n) is 1.95. The lowest BCUT2D eigenvalue weighted by molar-refractivity contribution is 0.903. The number of rotatable bonds is 8. The number of hydrogen-bond acceptors (Lipinski definition) is 5. The summed E-state index contributed by atoms with van der Waals surface area (Å²) in [5.74, 6) is 2.62. The summed E-state index contributed by atoms with van der Waals surface area (Å²) in [5, 5.41) is 6.67. The molecule has 0 amide bonds. The lowest BCUT2D eigenvalue weighted by Gasteiger charge is -2.10. The van der Waals surface area contributed by atoms with Gasteiger partial charge in [0.05, 0.1) is 0 Å². The SMILES string of the molecule is CCCNc1cc(NCCc2ccccn2)nc(CC)n1. The van der Waals surface area contributed by atoms with Gasteiger partial charge in [-0.05, 0) is 18.6 Å². The molecule has 0 aliphatic rings. The molecule has 0 aliphatic heterocycles. The summed E-state index contributed by atoms with van der Waals surface area (Å²) in [6.07, 6.45) is 4.61. The maximum absolute atomic E-state index is 4.51. The molecule has 5 heteroatoms. The van der Waals surface area contributed by atoms with E-state index in [0.29, 0.717) is 0 Å². The molecule has 0 atom stereocenters. The maximum Gasteiger partial charge on any atom is 0.132 e. The second-order valence-electron chi connectivity index (χ2n) is 4.83. The van der Waals surface area contributed by atoms with Crippen LogP contribution in [0.1, 0.15) is 31.8 Å². The van der Waals surface area contributed by atoms with Crippen LogP contribution in [0.2, 0.25) is 0 Å². The second-order valence-corrected chi connectivity index (χ2v) is 4.83. The Bertz CT molecular complexity index is 542. The van der Waals surface area contributed by atoms with Crippen LogP contribution in [-0.4, -0.2) is 28.0 Å². The van der Waals surface area contributed by atoms with Crippen molar-refractivity contribution in [3.63, 3.8) is 0 Å². The Balaban J connectivity index is 1.95. The molecule has 5 nitrogen and oxygen atoms in total. The monoisotopic (exact) mass is 285 g/mol. The van der Waals surface area contributed by atoms with Gasteiger partial charge in [-0.1, -0.05) is 19.9 Å². The zero-order valence-electron chi connectivity index (χ0n) is 12.8. The van der Waals surface area contributed by atoms with Crippen LogP contribution in [0.25, 0.3) is 0 Å². The van der Waals surface area contributed by atoms with E-state index in [1.54, 1.807) is 0 Å². The van der Waals surface area contributed by atoms with Crippen molar-refractivity contribution in [2.75, 3.05) is 23.7 Å². The number of hydrogen-bond donors (Lipinski definition) is 2. The van der Waals surface area contributed by atoms with Crippen LogP contribution < -0.4 is 10.6 Å². The molecular formula is C16H23N5. The van der Waals surface area contributed by atoms with E-state index in [4.69, 9.17) is 0 Å². The van der Waals surface area contributed by atoms with Gasteiger partial charge in [-0.25, -0.2) is 9.97 Å². The first-order valence-corrected chi connectivity index (χ1v) is 7.57. The van der Waals surface area contributed by atoms with E-state index in [1.165, 1.54) is 0 Å². The van der Waals surface area contributed by atoms with Gasteiger partial charge in [-0.3, -0.25) is 4.98 Å². The molecule has 2 N–H and O–H groups in total. The molecule has 0 radical (unpaired) electrons. The second kappa shape index (κ2) is 8.19. The largest absolute Gasteiger partial charge is 0.370 e. The average molecular weight is 285 g/mol. The predicted octanol–water partition coefficient (Wildman–Crippen LogP) is 2.91. The molecule has 2 rings (SSSR count). The molecule has 2 aromatic rings. The summed E-state index contributed by atoms with van der Waals surface area (Å²) in [6.45, 7) is 5.94. The molecule has 0 spiro atoms. The van der Waals surface area contributed by atoms with Crippen molar-refractivity contribution >= 4 is 11.6 Å². The van der Waals surface area contributed by atoms with Gasteiger partial charge in [0, 0.05) is 43.9 Å². The van der Waals surface area contributed by atoms with Crippen molar-refractivity contribution in [1.29, 1.82) is 0 Å². The van der Waals surface area contributed by atoms with Crippen LogP contribution >= 0.6 is 0 Å². The fourth-order valence-corrected chi connectivity index (χ4v) is 1.95. The summed E-state index contributed by atoms with van der Waals surface area (Å²) >= 11 is 0. The molecule has 2 aromatic heterocycles. The average Bonchev–Trinajstić information content (AvgIpc) is 2.53. The number of aryl methyl sites for hydroxylation is 1. The highest BCUT2D eigenvalue weighted by Crippen LogP contribution is 2.12. The Morgan fingerprint density at radius 2 is 1.76 bits per heavy atom. The molecular weight excluding hydrogens is 262 g/mol. The van der Waals surface area contributed by atoms with Gasteiger partial charge in [-0.2, -0.15) is 0 Å². The molecule has 0 unspecified atom stereocenters. The smallest absolute Gasteiger partial charge is 0.132 e. The highest BCUT2D eigenvalue weighted by atomic mass is 15.1. The van der Waals surface area contributed by atoms with Crippen LogP contribution in [0.3, 0.4) is 0 Å².